The summed E-state index contributed by atoms with van der Waals surface area (Å²) < 4.78 is 37.6. The Bertz CT molecular complexity index is 751. The number of benzene rings is 1. The Morgan fingerprint density at radius 2 is 1.27 bits per heavy atom. The van der Waals surface area contributed by atoms with Gasteiger partial charge in [0, 0.05) is 12.1 Å². The molecule has 1 aromatic rings. The van der Waals surface area contributed by atoms with Crippen LogP contribution in [-0.2, 0) is 14.2 Å². The highest BCUT2D eigenvalue weighted by atomic mass is 16.7. The number of aliphatic hydroxyl groups is 6. The van der Waals surface area contributed by atoms with E-state index in [1.807, 2.05) is 0 Å². The van der Waals surface area contributed by atoms with E-state index < -0.39 is 68.5 Å². The van der Waals surface area contributed by atoms with Crippen molar-refractivity contribution >= 4 is 0 Å². The maximum Gasteiger partial charge on any atom is 0.229 e. The minimum Gasteiger partial charge on any atom is -0.493 e. The average molecular weight is 478 g/mol. The molecule has 2 aliphatic rings. The Labute approximate surface area is 189 Å². The normalized spacial score (nSPS) is 36.5. The van der Waals surface area contributed by atoms with Crippen LogP contribution in [0.2, 0.25) is 0 Å². The summed E-state index contributed by atoms with van der Waals surface area (Å²) >= 11 is 0. The zero-order valence-electron chi connectivity index (χ0n) is 18.3. The highest BCUT2D eigenvalue weighted by Crippen LogP contribution is 2.41. The first-order valence-electron chi connectivity index (χ1n) is 10.2. The minimum absolute atomic E-state index is 0.153. The summed E-state index contributed by atoms with van der Waals surface area (Å²) in [7, 11) is 4.26. The first-order chi connectivity index (χ1) is 15.7. The van der Waals surface area contributed by atoms with E-state index in [0.29, 0.717) is 5.75 Å². The molecule has 0 aromatic heterocycles. The molecule has 0 unspecified atom stereocenters. The van der Waals surface area contributed by atoms with Crippen molar-refractivity contribution in [1.82, 2.24) is 0 Å². The number of rotatable bonds is 9. The molecule has 0 amide bonds. The van der Waals surface area contributed by atoms with E-state index in [4.69, 9.17) is 38.3 Å². The van der Waals surface area contributed by atoms with Crippen molar-refractivity contribution in [2.75, 3.05) is 34.5 Å². The molecule has 0 saturated carbocycles. The van der Waals surface area contributed by atoms with Gasteiger partial charge in [-0.05, 0) is 0 Å². The SMILES string of the molecule is COc1cc(O[C@@H]2O[C@H](CO[C@@H]3O[C@@H](CO)[C@H](O)[C@H]3O)[C@@H](O)[C@H](O)[C@H]2O)cc(OC)c1OC. The smallest absolute Gasteiger partial charge is 0.229 e. The number of ether oxygens (including phenoxy) is 7. The zero-order valence-corrected chi connectivity index (χ0v) is 18.3. The van der Waals surface area contributed by atoms with Gasteiger partial charge >= 0.3 is 0 Å². The van der Waals surface area contributed by atoms with Crippen LogP contribution in [0.3, 0.4) is 0 Å². The maximum absolute atomic E-state index is 10.4. The van der Waals surface area contributed by atoms with Gasteiger partial charge < -0.3 is 63.8 Å². The monoisotopic (exact) mass is 478 g/mol. The second-order valence-electron chi connectivity index (χ2n) is 7.53. The molecule has 0 spiro atoms. The van der Waals surface area contributed by atoms with E-state index >= 15 is 0 Å². The lowest BCUT2D eigenvalue weighted by Gasteiger charge is -2.40. The Balaban J connectivity index is 1.71. The molecule has 6 N–H and O–H groups in total. The molecule has 2 aliphatic heterocycles. The largest absolute Gasteiger partial charge is 0.493 e. The predicted molar refractivity (Wildman–Crippen MR) is 107 cm³/mol. The number of hydrogen-bond acceptors (Lipinski definition) is 13. The van der Waals surface area contributed by atoms with Gasteiger partial charge in [-0.1, -0.05) is 0 Å². The first-order valence-corrected chi connectivity index (χ1v) is 10.2. The van der Waals surface area contributed by atoms with Crippen molar-refractivity contribution in [2.24, 2.45) is 0 Å². The van der Waals surface area contributed by atoms with Crippen molar-refractivity contribution in [3.8, 4) is 23.0 Å². The molecule has 188 valence electrons. The van der Waals surface area contributed by atoms with Crippen LogP contribution in [0, 0.1) is 0 Å². The number of methoxy groups -OCH3 is 3. The second kappa shape index (κ2) is 11.0. The van der Waals surface area contributed by atoms with Crippen molar-refractivity contribution in [2.45, 2.75) is 55.3 Å². The third kappa shape index (κ3) is 5.26. The fourth-order valence-electron chi connectivity index (χ4n) is 3.60. The van der Waals surface area contributed by atoms with E-state index in [2.05, 4.69) is 0 Å². The number of hydrogen-bond donors (Lipinski definition) is 6. The van der Waals surface area contributed by atoms with Gasteiger partial charge in [-0.3, -0.25) is 0 Å². The van der Waals surface area contributed by atoms with Gasteiger partial charge in [0.1, 0.15) is 48.5 Å². The molecule has 2 fully saturated rings. The molecule has 13 nitrogen and oxygen atoms in total. The summed E-state index contributed by atoms with van der Waals surface area (Å²) in [6, 6.07) is 2.92. The molecular formula is C20H30O13. The highest BCUT2D eigenvalue weighted by Gasteiger charge is 2.47. The molecule has 0 radical (unpaired) electrons. The topological polar surface area (TPSA) is 186 Å². The van der Waals surface area contributed by atoms with E-state index in [0.717, 1.165) is 0 Å². The fourth-order valence-corrected chi connectivity index (χ4v) is 3.60. The van der Waals surface area contributed by atoms with E-state index in [1.165, 1.54) is 33.5 Å². The summed E-state index contributed by atoms with van der Waals surface area (Å²) in [6.07, 6.45) is -12.6. The Morgan fingerprint density at radius 1 is 0.727 bits per heavy atom. The Hall–Kier alpha value is -1.94. The molecule has 0 aliphatic carbocycles. The standard InChI is InChI=1S/C20H30O13/c1-27-9-4-8(5-10(28-2)18(9)29-3)31-20-17(26)15(24)14(23)12(33-20)7-30-19-16(25)13(22)11(6-21)32-19/h4-5,11-17,19-26H,6-7H2,1-3H3/t11-,12+,13-,14+,15-,16+,17+,19+,20+/m0/s1. The average Bonchev–Trinajstić information content (AvgIpc) is 3.10. The van der Waals surface area contributed by atoms with Crippen LogP contribution >= 0.6 is 0 Å². The Morgan fingerprint density at radius 3 is 1.79 bits per heavy atom. The molecule has 33 heavy (non-hydrogen) atoms. The van der Waals surface area contributed by atoms with Crippen LogP contribution in [0.15, 0.2) is 12.1 Å². The first kappa shape index (κ1) is 25.7. The van der Waals surface area contributed by atoms with Crippen LogP contribution in [0.4, 0.5) is 0 Å². The van der Waals surface area contributed by atoms with Crippen LogP contribution in [-0.4, -0.2) is 120 Å². The quantitative estimate of drug-likeness (QED) is 0.216. The molecule has 1 aromatic carbocycles. The van der Waals surface area contributed by atoms with E-state index in [1.54, 1.807) is 0 Å². The number of aliphatic hydroxyl groups excluding tert-OH is 6. The van der Waals surface area contributed by atoms with Gasteiger partial charge in [-0.2, -0.15) is 0 Å². The van der Waals surface area contributed by atoms with Crippen LogP contribution in [0.5, 0.6) is 23.0 Å². The molecular weight excluding hydrogens is 448 g/mol. The van der Waals surface area contributed by atoms with Crippen LogP contribution < -0.4 is 18.9 Å². The summed E-state index contributed by atoms with van der Waals surface area (Å²) in [5, 5.41) is 59.9. The van der Waals surface area contributed by atoms with Crippen LogP contribution in [0.1, 0.15) is 0 Å². The predicted octanol–water partition coefficient (Wildman–Crippen LogP) is -2.65. The lowest BCUT2D eigenvalue weighted by molar-refractivity contribution is -0.290. The van der Waals surface area contributed by atoms with Gasteiger partial charge in [-0.15, -0.1) is 0 Å². The Kier molecular flexibility index (Phi) is 8.55. The maximum atomic E-state index is 10.4. The summed E-state index contributed by atoms with van der Waals surface area (Å²) in [5.74, 6) is 1.03. The summed E-state index contributed by atoms with van der Waals surface area (Å²) in [6.45, 7) is -0.928. The molecule has 3 rings (SSSR count). The third-order valence-corrected chi connectivity index (χ3v) is 5.48. The fraction of sp³-hybridized carbons (Fsp3) is 0.700. The highest BCUT2D eigenvalue weighted by molar-refractivity contribution is 5.55. The van der Waals surface area contributed by atoms with E-state index in [9.17, 15) is 25.5 Å². The van der Waals surface area contributed by atoms with Crippen molar-refractivity contribution in [3.63, 3.8) is 0 Å². The van der Waals surface area contributed by atoms with Crippen molar-refractivity contribution < 1.29 is 63.8 Å². The molecule has 0 bridgehead atoms. The second-order valence-corrected chi connectivity index (χ2v) is 7.53. The van der Waals surface area contributed by atoms with Gasteiger partial charge in [0.15, 0.2) is 17.8 Å². The molecule has 9 atom stereocenters. The lowest BCUT2D eigenvalue weighted by atomic mass is 9.99. The summed E-state index contributed by atoms with van der Waals surface area (Å²) in [5.41, 5.74) is 0. The third-order valence-electron chi connectivity index (χ3n) is 5.48. The van der Waals surface area contributed by atoms with Gasteiger partial charge in [0.05, 0.1) is 34.5 Å². The van der Waals surface area contributed by atoms with Gasteiger partial charge in [0.2, 0.25) is 12.0 Å². The van der Waals surface area contributed by atoms with Crippen molar-refractivity contribution in [1.29, 1.82) is 0 Å². The molecule has 2 saturated heterocycles. The van der Waals surface area contributed by atoms with Crippen LogP contribution in [0.25, 0.3) is 0 Å². The van der Waals surface area contributed by atoms with E-state index in [-0.39, 0.29) is 17.2 Å². The zero-order chi connectivity index (χ0) is 24.3. The summed E-state index contributed by atoms with van der Waals surface area (Å²) in [4.78, 5) is 0. The lowest BCUT2D eigenvalue weighted by Crippen LogP contribution is -2.60. The molecule has 2 heterocycles. The molecule has 13 heteroatoms. The van der Waals surface area contributed by atoms with Gasteiger partial charge in [-0.25, -0.2) is 0 Å². The minimum atomic E-state index is -1.65. The van der Waals surface area contributed by atoms with Crippen molar-refractivity contribution in [3.05, 3.63) is 12.1 Å². The van der Waals surface area contributed by atoms with Gasteiger partial charge in [0.25, 0.3) is 0 Å².